The minimum absolute atomic E-state index is 0.0760. The van der Waals surface area contributed by atoms with Gasteiger partial charge >= 0.3 is 11.9 Å². The van der Waals surface area contributed by atoms with Crippen LogP contribution in [-0.4, -0.2) is 92.6 Å². The van der Waals surface area contributed by atoms with Crippen molar-refractivity contribution in [2.24, 2.45) is 16.2 Å². The molecule has 0 amide bonds. The van der Waals surface area contributed by atoms with Gasteiger partial charge in [-0.05, 0) is 47.5 Å². The normalized spacial score (nSPS) is 20.8. The van der Waals surface area contributed by atoms with Crippen molar-refractivity contribution in [1.29, 1.82) is 10.5 Å². The Kier molecular flexibility index (Phi) is 13.5. The van der Waals surface area contributed by atoms with E-state index in [1.54, 1.807) is 36.4 Å². The molecule has 0 aliphatic carbocycles. The zero-order valence-electron chi connectivity index (χ0n) is 31.3. The Balaban J connectivity index is 1.26. The first-order valence-electron chi connectivity index (χ1n) is 16.7. The number of nitriles is 2. The molecule has 14 heteroatoms. The maximum absolute atomic E-state index is 12.9. The Morgan fingerprint density at radius 1 is 0.660 bits per heavy atom. The molecule has 2 aliphatic rings. The molecule has 0 N–H and O–H groups in total. The molecule has 284 valence electrons. The third-order valence-electron chi connectivity index (χ3n) is 8.71. The number of ether oxygens (including phenoxy) is 10. The lowest BCUT2D eigenvalue weighted by Crippen LogP contribution is -2.57. The van der Waals surface area contributed by atoms with Crippen molar-refractivity contribution < 1.29 is 57.0 Å². The number of carbonyl (C=O) groups is 2. The quantitative estimate of drug-likeness (QED) is 0.142. The molecule has 2 aromatic rings. The molecular weight excluding hydrogens is 688 g/mol. The molecule has 0 bridgehead atoms. The zero-order valence-corrected chi connectivity index (χ0v) is 31.3. The molecule has 14 nitrogen and oxygen atoms in total. The Morgan fingerprint density at radius 3 is 1.30 bits per heavy atom. The highest BCUT2D eigenvalue weighted by Gasteiger charge is 2.48. The second-order valence-electron chi connectivity index (χ2n) is 14.1. The SMILES string of the molecule is COc1ccc(C=C(C#N)C(=O)OCC(C)(C)C2OCC3(CO2)COC(C(C)(C)COC(=O)/C(C#N)=C/c2ccc(OC)c(OC)c2)OC3)cc1OC. The van der Waals surface area contributed by atoms with Crippen LogP contribution in [0.15, 0.2) is 47.5 Å². The predicted octanol–water partition coefficient (Wildman–Crippen LogP) is 5.11. The molecular formula is C39H46N2O12. The van der Waals surface area contributed by atoms with Gasteiger partial charge in [0.05, 0.1) is 60.3 Å². The van der Waals surface area contributed by atoms with Gasteiger partial charge in [-0.3, -0.25) is 0 Å². The number of rotatable bonds is 14. The second kappa shape index (κ2) is 17.6. The summed E-state index contributed by atoms with van der Waals surface area (Å²) in [5.74, 6) is 0.381. The largest absolute Gasteiger partial charge is 0.493 e. The average molecular weight is 735 g/mol. The fraction of sp³-hybridized carbons (Fsp3) is 0.487. The van der Waals surface area contributed by atoms with Gasteiger partial charge in [-0.1, -0.05) is 39.8 Å². The van der Waals surface area contributed by atoms with Gasteiger partial charge in [-0.2, -0.15) is 10.5 Å². The summed E-state index contributed by atoms with van der Waals surface area (Å²) in [4.78, 5) is 25.7. The Morgan fingerprint density at radius 2 is 1.00 bits per heavy atom. The van der Waals surface area contributed by atoms with E-state index in [1.165, 1.54) is 40.6 Å². The molecule has 1 spiro atoms. The number of hydrogen-bond donors (Lipinski definition) is 0. The average Bonchev–Trinajstić information content (AvgIpc) is 3.17. The molecule has 2 saturated heterocycles. The van der Waals surface area contributed by atoms with Crippen molar-refractivity contribution in [2.45, 2.75) is 40.3 Å². The molecule has 2 aromatic carbocycles. The minimum Gasteiger partial charge on any atom is -0.493 e. The summed E-state index contributed by atoms with van der Waals surface area (Å²) >= 11 is 0. The first-order chi connectivity index (χ1) is 25.2. The van der Waals surface area contributed by atoms with Gasteiger partial charge in [0.1, 0.15) is 36.5 Å². The number of methoxy groups -OCH3 is 4. The van der Waals surface area contributed by atoms with Gasteiger partial charge in [0.25, 0.3) is 0 Å². The molecule has 2 fully saturated rings. The van der Waals surface area contributed by atoms with Crippen LogP contribution in [0.4, 0.5) is 0 Å². The zero-order chi connectivity index (χ0) is 38.8. The van der Waals surface area contributed by atoms with E-state index in [2.05, 4.69) is 0 Å². The van der Waals surface area contributed by atoms with Crippen LogP contribution < -0.4 is 18.9 Å². The van der Waals surface area contributed by atoms with Crippen LogP contribution in [0.2, 0.25) is 0 Å². The van der Waals surface area contributed by atoms with Gasteiger partial charge in [-0.15, -0.1) is 0 Å². The highest BCUT2D eigenvalue weighted by Crippen LogP contribution is 2.39. The van der Waals surface area contributed by atoms with E-state index in [-0.39, 0.29) is 50.8 Å². The van der Waals surface area contributed by atoms with Crippen molar-refractivity contribution in [3.8, 4) is 35.1 Å². The van der Waals surface area contributed by atoms with Crippen molar-refractivity contribution in [3.05, 3.63) is 58.7 Å². The predicted molar refractivity (Wildman–Crippen MR) is 190 cm³/mol. The molecule has 0 aromatic heterocycles. The van der Waals surface area contributed by atoms with E-state index in [9.17, 15) is 20.1 Å². The summed E-state index contributed by atoms with van der Waals surface area (Å²) < 4.78 is 56.6. The third kappa shape index (κ3) is 10.1. The number of carbonyl (C=O) groups excluding carboxylic acids is 2. The smallest absolute Gasteiger partial charge is 0.348 e. The fourth-order valence-electron chi connectivity index (χ4n) is 5.55. The lowest BCUT2D eigenvalue weighted by Gasteiger charge is -2.48. The highest BCUT2D eigenvalue weighted by atomic mass is 16.7. The van der Waals surface area contributed by atoms with E-state index in [1.807, 2.05) is 39.8 Å². The summed E-state index contributed by atoms with van der Waals surface area (Å²) in [6.45, 7) is 8.21. The van der Waals surface area contributed by atoms with Crippen LogP contribution in [-0.2, 0) is 38.0 Å². The highest BCUT2D eigenvalue weighted by molar-refractivity contribution is 5.98. The topological polar surface area (TPSA) is 174 Å². The monoisotopic (exact) mass is 734 g/mol. The summed E-state index contributed by atoms with van der Waals surface area (Å²) in [5.41, 5.74) is -1.34. The van der Waals surface area contributed by atoms with Crippen LogP contribution in [0, 0.1) is 38.9 Å². The van der Waals surface area contributed by atoms with Crippen molar-refractivity contribution in [3.63, 3.8) is 0 Å². The molecule has 2 heterocycles. The Labute approximate surface area is 309 Å². The van der Waals surface area contributed by atoms with Crippen LogP contribution in [0.25, 0.3) is 12.2 Å². The summed E-state index contributed by atoms with van der Waals surface area (Å²) in [5, 5.41) is 19.3. The third-order valence-corrected chi connectivity index (χ3v) is 8.71. The van der Waals surface area contributed by atoms with Gasteiger partial charge in [-0.25, -0.2) is 9.59 Å². The molecule has 0 atom stereocenters. The maximum atomic E-state index is 12.9. The number of nitrogens with zero attached hydrogens (tertiary/aromatic N) is 2. The lowest BCUT2D eigenvalue weighted by molar-refractivity contribution is -0.337. The van der Waals surface area contributed by atoms with Crippen molar-refractivity contribution in [2.75, 3.05) is 68.1 Å². The van der Waals surface area contributed by atoms with Gasteiger partial charge in [0.15, 0.2) is 35.6 Å². The molecule has 0 radical (unpaired) electrons. The van der Waals surface area contributed by atoms with Crippen LogP contribution in [0.3, 0.4) is 0 Å². The van der Waals surface area contributed by atoms with Crippen molar-refractivity contribution >= 4 is 24.1 Å². The maximum Gasteiger partial charge on any atom is 0.348 e. The van der Waals surface area contributed by atoms with E-state index < -0.39 is 40.8 Å². The fourth-order valence-corrected chi connectivity index (χ4v) is 5.55. The Bertz CT molecular complexity index is 1640. The number of benzene rings is 2. The van der Waals surface area contributed by atoms with Crippen LogP contribution in [0.5, 0.6) is 23.0 Å². The first kappa shape index (κ1) is 40.6. The van der Waals surface area contributed by atoms with Crippen molar-refractivity contribution in [1.82, 2.24) is 0 Å². The molecule has 0 unspecified atom stereocenters. The first-order valence-corrected chi connectivity index (χ1v) is 16.7. The van der Waals surface area contributed by atoms with E-state index in [4.69, 9.17) is 47.4 Å². The molecule has 53 heavy (non-hydrogen) atoms. The van der Waals surface area contributed by atoms with Gasteiger partial charge < -0.3 is 47.4 Å². The summed E-state index contributed by atoms with van der Waals surface area (Å²) in [6.07, 6.45) is 1.41. The lowest BCUT2D eigenvalue weighted by atomic mass is 9.86. The van der Waals surface area contributed by atoms with Gasteiger partial charge in [0, 0.05) is 10.8 Å². The number of hydrogen-bond acceptors (Lipinski definition) is 14. The van der Waals surface area contributed by atoms with Crippen LogP contribution in [0.1, 0.15) is 38.8 Å². The van der Waals surface area contributed by atoms with Gasteiger partial charge in [0.2, 0.25) is 0 Å². The standard InChI is InChI=1S/C39H46N2O12/c1-37(2,19-48-33(42)27(17-40)13-25-9-11-29(44-5)31(15-25)46-7)35-50-21-39(22-51-35)23-52-36(53-24-39)38(3,4)20-49-34(43)28(18-41)14-26-10-12-30(45-6)32(16-26)47-8/h9-16,35-36H,19-24H2,1-8H3/b27-13+,28-14?. The molecule has 0 saturated carbocycles. The summed E-state index contributed by atoms with van der Waals surface area (Å²) in [6, 6.07) is 13.8. The molecule has 2 aliphatic heterocycles. The Hall–Kier alpha value is -5.12. The minimum atomic E-state index is -0.783. The van der Waals surface area contributed by atoms with Crippen LogP contribution >= 0.6 is 0 Å². The number of esters is 2. The van der Waals surface area contributed by atoms with E-state index in [0.717, 1.165) is 0 Å². The summed E-state index contributed by atoms with van der Waals surface area (Å²) in [7, 11) is 6.02. The van der Waals surface area contributed by atoms with E-state index >= 15 is 0 Å². The molecule has 4 rings (SSSR count). The van der Waals surface area contributed by atoms with E-state index in [0.29, 0.717) is 34.1 Å². The second-order valence-corrected chi connectivity index (χ2v) is 14.1.